The quantitative estimate of drug-likeness (QED) is 0.895. The van der Waals surface area contributed by atoms with Crippen molar-refractivity contribution < 1.29 is 0 Å². The van der Waals surface area contributed by atoms with Gasteiger partial charge in [0.25, 0.3) is 5.56 Å². The van der Waals surface area contributed by atoms with Crippen molar-refractivity contribution >= 4 is 0 Å². The van der Waals surface area contributed by atoms with E-state index < -0.39 is 0 Å². The maximum absolute atomic E-state index is 12.8. The Morgan fingerprint density at radius 3 is 2.80 bits per heavy atom. The van der Waals surface area contributed by atoms with Crippen LogP contribution in [0.1, 0.15) is 68.8 Å². The van der Waals surface area contributed by atoms with Crippen molar-refractivity contribution in [2.45, 2.75) is 77.4 Å². The molecule has 1 N–H and O–H groups in total. The summed E-state index contributed by atoms with van der Waals surface area (Å²) in [4.78, 5) is 12.8. The van der Waals surface area contributed by atoms with Crippen LogP contribution < -0.4 is 10.9 Å². The molecule has 1 aromatic heterocycles. The van der Waals surface area contributed by atoms with E-state index in [2.05, 4.69) is 29.8 Å². The molecule has 0 bridgehead atoms. The summed E-state index contributed by atoms with van der Waals surface area (Å²) in [5.41, 5.74) is 3.94. The van der Waals surface area contributed by atoms with Crippen molar-refractivity contribution in [1.82, 2.24) is 9.88 Å². The molecule has 2 aliphatic carbocycles. The van der Waals surface area contributed by atoms with E-state index in [1.54, 1.807) is 0 Å². The molecule has 1 aromatic rings. The van der Waals surface area contributed by atoms with Crippen molar-refractivity contribution in [1.29, 1.82) is 0 Å². The summed E-state index contributed by atoms with van der Waals surface area (Å²) in [6, 6.07) is 3.16. The lowest BCUT2D eigenvalue weighted by Gasteiger charge is -2.26. The van der Waals surface area contributed by atoms with Crippen LogP contribution in [-0.2, 0) is 19.4 Å². The van der Waals surface area contributed by atoms with E-state index in [-0.39, 0.29) is 5.56 Å². The minimum atomic E-state index is 0.244. The topological polar surface area (TPSA) is 34.0 Å². The Bertz CT molecular complexity index is 543. The molecule has 3 heteroatoms. The molecule has 3 nitrogen and oxygen atoms in total. The molecule has 3 rings (SSSR count). The van der Waals surface area contributed by atoms with Gasteiger partial charge in [0.1, 0.15) is 0 Å². The number of hydrogen-bond donors (Lipinski definition) is 1. The summed E-state index contributed by atoms with van der Waals surface area (Å²) < 4.78 is 2.10. The number of rotatable bonds is 5. The van der Waals surface area contributed by atoms with E-state index in [1.165, 1.54) is 36.9 Å². The molecule has 0 radical (unpaired) electrons. The summed E-state index contributed by atoms with van der Waals surface area (Å²) in [5, 5.41) is 3.49. The highest BCUT2D eigenvalue weighted by molar-refractivity contribution is 5.29. The molecule has 1 atom stereocenters. The van der Waals surface area contributed by atoms with E-state index in [4.69, 9.17) is 0 Å². The Kier molecular flexibility index (Phi) is 3.97. The second kappa shape index (κ2) is 5.72. The minimum Gasteiger partial charge on any atom is -0.310 e. The molecule has 1 fully saturated rings. The van der Waals surface area contributed by atoms with Gasteiger partial charge >= 0.3 is 0 Å². The van der Waals surface area contributed by atoms with Gasteiger partial charge in [-0.2, -0.15) is 0 Å². The molecule has 0 aromatic carbocycles. The van der Waals surface area contributed by atoms with Crippen molar-refractivity contribution in [3.63, 3.8) is 0 Å². The third-order valence-electron chi connectivity index (χ3n) is 4.80. The van der Waals surface area contributed by atoms with Gasteiger partial charge in [0.05, 0.1) is 0 Å². The Morgan fingerprint density at radius 1 is 1.35 bits per heavy atom. The van der Waals surface area contributed by atoms with Gasteiger partial charge in [-0.15, -0.1) is 0 Å². The molecular formula is C17H26N2O. The molecule has 0 amide bonds. The number of fused-ring (bicyclic) bond motifs is 1. The van der Waals surface area contributed by atoms with Crippen LogP contribution in [0.15, 0.2) is 10.9 Å². The van der Waals surface area contributed by atoms with Gasteiger partial charge in [-0.1, -0.05) is 6.92 Å². The Balaban J connectivity index is 1.99. The van der Waals surface area contributed by atoms with Crippen molar-refractivity contribution in [2.75, 3.05) is 0 Å². The van der Waals surface area contributed by atoms with Gasteiger partial charge in [-0.25, -0.2) is 0 Å². The highest BCUT2D eigenvalue weighted by Gasteiger charge is 2.23. The smallest absolute Gasteiger partial charge is 0.255 e. The second-order valence-corrected chi connectivity index (χ2v) is 6.44. The molecule has 2 aliphatic rings. The summed E-state index contributed by atoms with van der Waals surface area (Å²) in [6.07, 6.45) is 8.26. The summed E-state index contributed by atoms with van der Waals surface area (Å²) in [7, 11) is 0. The number of aromatic nitrogens is 1. The van der Waals surface area contributed by atoms with Gasteiger partial charge in [-0.05, 0) is 63.5 Å². The largest absolute Gasteiger partial charge is 0.310 e. The van der Waals surface area contributed by atoms with Crippen LogP contribution in [0.3, 0.4) is 0 Å². The van der Waals surface area contributed by atoms with E-state index in [0.29, 0.717) is 12.1 Å². The highest BCUT2D eigenvalue weighted by Crippen LogP contribution is 2.25. The lowest BCUT2D eigenvalue weighted by atomic mass is 9.93. The molecule has 110 valence electrons. The van der Waals surface area contributed by atoms with Crippen LogP contribution >= 0.6 is 0 Å². The summed E-state index contributed by atoms with van der Waals surface area (Å²) >= 11 is 0. The molecule has 1 saturated carbocycles. The normalized spacial score (nSPS) is 19.7. The number of nitrogens with one attached hydrogen (secondary N) is 1. The SMILES string of the molecule is CCC(C)n1c2c(cc(CNC3CC3)c1=O)CCCC2. The number of hydrogen-bond acceptors (Lipinski definition) is 2. The molecular weight excluding hydrogens is 248 g/mol. The van der Waals surface area contributed by atoms with Gasteiger partial charge in [-0.3, -0.25) is 4.79 Å². The average molecular weight is 274 g/mol. The fraction of sp³-hybridized carbons (Fsp3) is 0.706. The fourth-order valence-corrected chi connectivity index (χ4v) is 3.21. The van der Waals surface area contributed by atoms with Crippen molar-refractivity contribution in [2.24, 2.45) is 0 Å². The zero-order valence-corrected chi connectivity index (χ0v) is 12.7. The van der Waals surface area contributed by atoms with Crippen LogP contribution in [0.25, 0.3) is 0 Å². The first-order chi connectivity index (χ1) is 9.70. The fourth-order valence-electron chi connectivity index (χ4n) is 3.21. The number of pyridine rings is 1. The predicted molar refractivity (Wildman–Crippen MR) is 82.2 cm³/mol. The monoisotopic (exact) mass is 274 g/mol. The molecule has 0 spiro atoms. The Morgan fingerprint density at radius 2 is 2.10 bits per heavy atom. The lowest BCUT2D eigenvalue weighted by molar-refractivity contribution is 0.470. The van der Waals surface area contributed by atoms with Crippen LogP contribution in [0.2, 0.25) is 0 Å². The zero-order chi connectivity index (χ0) is 14.1. The maximum atomic E-state index is 12.8. The van der Waals surface area contributed by atoms with E-state index >= 15 is 0 Å². The third kappa shape index (κ3) is 2.69. The minimum absolute atomic E-state index is 0.244. The molecule has 0 saturated heterocycles. The highest BCUT2D eigenvalue weighted by atomic mass is 16.1. The standard InChI is InChI=1S/C17H26N2O/c1-3-12(2)19-16-7-5-4-6-13(16)10-14(17(19)20)11-18-15-8-9-15/h10,12,15,18H,3-9,11H2,1-2H3. The Hall–Kier alpha value is -1.09. The first-order valence-electron chi connectivity index (χ1n) is 8.20. The average Bonchev–Trinajstić information content (AvgIpc) is 3.28. The first-order valence-corrected chi connectivity index (χ1v) is 8.20. The van der Waals surface area contributed by atoms with Gasteiger partial charge < -0.3 is 9.88 Å². The molecule has 0 aliphatic heterocycles. The van der Waals surface area contributed by atoms with Crippen LogP contribution in [0, 0.1) is 0 Å². The van der Waals surface area contributed by atoms with Gasteiger partial charge in [0, 0.05) is 29.9 Å². The number of nitrogens with zero attached hydrogens (tertiary/aromatic N) is 1. The lowest BCUT2D eigenvalue weighted by Crippen LogP contribution is -2.33. The zero-order valence-electron chi connectivity index (χ0n) is 12.7. The second-order valence-electron chi connectivity index (χ2n) is 6.44. The summed E-state index contributed by atoms with van der Waals surface area (Å²) in [6.45, 7) is 5.09. The first kappa shape index (κ1) is 13.9. The Labute approximate surface area is 121 Å². The molecule has 1 heterocycles. The van der Waals surface area contributed by atoms with Crippen LogP contribution in [0.5, 0.6) is 0 Å². The maximum Gasteiger partial charge on any atom is 0.255 e. The third-order valence-corrected chi connectivity index (χ3v) is 4.80. The van der Waals surface area contributed by atoms with E-state index in [0.717, 1.165) is 31.4 Å². The van der Waals surface area contributed by atoms with E-state index in [9.17, 15) is 4.79 Å². The van der Waals surface area contributed by atoms with Crippen LogP contribution in [-0.4, -0.2) is 10.6 Å². The van der Waals surface area contributed by atoms with Crippen LogP contribution in [0.4, 0.5) is 0 Å². The van der Waals surface area contributed by atoms with Crippen molar-refractivity contribution in [3.8, 4) is 0 Å². The molecule has 20 heavy (non-hydrogen) atoms. The van der Waals surface area contributed by atoms with E-state index in [1.807, 2.05) is 0 Å². The van der Waals surface area contributed by atoms with Crippen molar-refractivity contribution in [3.05, 3.63) is 33.2 Å². The molecule has 1 unspecified atom stereocenters. The van der Waals surface area contributed by atoms with Gasteiger partial charge in [0.15, 0.2) is 0 Å². The summed E-state index contributed by atoms with van der Waals surface area (Å²) in [5.74, 6) is 0. The number of aryl methyl sites for hydroxylation is 1. The predicted octanol–water partition coefficient (Wildman–Crippen LogP) is 2.95. The van der Waals surface area contributed by atoms with Gasteiger partial charge in [0.2, 0.25) is 0 Å².